The van der Waals surface area contributed by atoms with Gasteiger partial charge in [0.15, 0.2) is 0 Å². The third-order valence-corrected chi connectivity index (χ3v) is 6.40. The lowest BCUT2D eigenvalue weighted by Crippen LogP contribution is -2.15. The van der Waals surface area contributed by atoms with Crippen LogP contribution in [0, 0.1) is 0 Å². The number of esters is 1. The minimum Gasteiger partial charge on any atom is -0.498 e. The fraction of sp³-hybridized carbons (Fsp3) is 0.214. The number of hydrogen-bond donors (Lipinski definition) is 1. The highest BCUT2D eigenvalue weighted by molar-refractivity contribution is 14.1. The lowest BCUT2D eigenvalue weighted by molar-refractivity contribution is 0.0500. The van der Waals surface area contributed by atoms with E-state index in [4.69, 9.17) is 9.47 Å². The van der Waals surface area contributed by atoms with Crippen molar-refractivity contribution in [3.63, 3.8) is 0 Å². The van der Waals surface area contributed by atoms with Gasteiger partial charge in [-0.1, -0.05) is 60.7 Å². The molecule has 0 radical (unpaired) electrons. The van der Waals surface area contributed by atoms with E-state index >= 15 is 0 Å². The smallest absolute Gasteiger partial charge is 0.339 e. The maximum absolute atomic E-state index is 12.9. The van der Waals surface area contributed by atoms with E-state index in [1.807, 2.05) is 56.3 Å². The van der Waals surface area contributed by atoms with Gasteiger partial charge >= 0.3 is 5.97 Å². The minimum atomic E-state index is -0.307. The van der Waals surface area contributed by atoms with Crippen molar-refractivity contribution in [3.05, 3.63) is 94.7 Å². The summed E-state index contributed by atoms with van der Waals surface area (Å²) in [4.78, 5) is 12.9. The van der Waals surface area contributed by atoms with Crippen LogP contribution in [0.15, 0.2) is 72.5 Å². The second kappa shape index (κ2) is 10.6. The summed E-state index contributed by atoms with van der Waals surface area (Å²) in [7, 11) is 0. The van der Waals surface area contributed by atoms with Gasteiger partial charge in [-0.15, -0.1) is 10.2 Å². The highest BCUT2D eigenvalue weighted by Gasteiger charge is 2.32. The summed E-state index contributed by atoms with van der Waals surface area (Å²) in [5.41, 5.74) is 6.72. The largest absolute Gasteiger partial charge is 0.498 e. The summed E-state index contributed by atoms with van der Waals surface area (Å²) in [5.74, 6) is 1.06. The van der Waals surface area contributed by atoms with E-state index in [-0.39, 0.29) is 16.0 Å². The van der Waals surface area contributed by atoms with Crippen molar-refractivity contribution in [2.24, 2.45) is 0 Å². The molecule has 1 aliphatic rings. The summed E-state index contributed by atoms with van der Waals surface area (Å²) < 4.78 is 11.3. The molecule has 36 heavy (non-hydrogen) atoms. The molecule has 0 amide bonds. The second-order valence-electron chi connectivity index (χ2n) is 8.47. The van der Waals surface area contributed by atoms with Gasteiger partial charge in [0.25, 0.3) is 0 Å². The Labute approximate surface area is 223 Å². The van der Waals surface area contributed by atoms with Crippen LogP contribution in [0.2, 0.25) is 0 Å². The summed E-state index contributed by atoms with van der Waals surface area (Å²) >= 11 is 2.09. The van der Waals surface area contributed by atoms with Gasteiger partial charge in [-0.25, -0.2) is 4.79 Å². The van der Waals surface area contributed by atoms with Gasteiger partial charge in [0.1, 0.15) is 9.87 Å². The first-order valence-electron chi connectivity index (χ1n) is 11.8. The highest BCUT2D eigenvalue weighted by Crippen LogP contribution is 2.42. The number of benzene rings is 3. The summed E-state index contributed by atoms with van der Waals surface area (Å²) in [5, 5.41) is 14.5. The first-order chi connectivity index (χ1) is 17.5. The first kappa shape index (κ1) is 24.2. The van der Waals surface area contributed by atoms with Gasteiger partial charge in [0.05, 0.1) is 12.2 Å². The molecule has 7 nitrogen and oxygen atoms in total. The molecule has 1 aliphatic carbocycles. The number of nitrogens with one attached hydrogen (secondary N) is 1. The Hall–Kier alpha value is -3.53. The van der Waals surface area contributed by atoms with Crippen molar-refractivity contribution < 1.29 is 14.3 Å². The van der Waals surface area contributed by atoms with Gasteiger partial charge in [-0.3, -0.25) is 0 Å². The summed E-state index contributed by atoms with van der Waals surface area (Å²) in [6.45, 7) is 4.39. The van der Waals surface area contributed by atoms with E-state index in [1.54, 1.807) is 0 Å². The van der Waals surface area contributed by atoms with Crippen LogP contribution >= 0.6 is 22.6 Å². The molecule has 2 unspecified atom stereocenters. The number of alkyl halides is 1. The van der Waals surface area contributed by atoms with Crippen molar-refractivity contribution >= 4 is 34.6 Å². The molecule has 0 saturated carbocycles. The third kappa shape index (κ3) is 4.90. The van der Waals surface area contributed by atoms with Crippen molar-refractivity contribution in [2.75, 3.05) is 6.61 Å². The fourth-order valence-electron chi connectivity index (χ4n) is 4.66. The molecular formula is C28H25IN4O3. The number of rotatable bonds is 8. The quantitative estimate of drug-likeness (QED) is 0.149. The maximum Gasteiger partial charge on any atom is 0.339 e. The Morgan fingerprint density at radius 2 is 1.83 bits per heavy atom. The van der Waals surface area contributed by atoms with Crippen molar-refractivity contribution in [3.8, 4) is 22.5 Å². The summed E-state index contributed by atoms with van der Waals surface area (Å²) in [6.07, 6.45) is 2.75. The second-order valence-corrected chi connectivity index (χ2v) is 10.2. The molecule has 5 rings (SSSR count). The number of aromatic amines is 1. The average molecular weight is 592 g/mol. The van der Waals surface area contributed by atoms with Crippen LogP contribution in [-0.4, -0.2) is 37.3 Å². The molecular weight excluding hydrogens is 567 g/mol. The molecule has 0 saturated heterocycles. The zero-order valence-electron chi connectivity index (χ0n) is 19.9. The lowest BCUT2D eigenvalue weighted by Gasteiger charge is -2.20. The molecule has 2 atom stereocenters. The highest BCUT2D eigenvalue weighted by atomic mass is 127. The molecule has 1 N–H and O–H groups in total. The van der Waals surface area contributed by atoms with Crippen LogP contribution < -0.4 is 0 Å². The fourth-order valence-corrected chi connectivity index (χ4v) is 4.89. The molecule has 3 aromatic carbocycles. The number of ether oxygens (including phenoxy) is 2. The zero-order chi connectivity index (χ0) is 25.1. The number of aromatic nitrogens is 4. The Bertz CT molecular complexity index is 1400. The molecule has 0 spiro atoms. The number of nitrogens with zero attached hydrogens (tertiary/aromatic N) is 3. The molecule has 0 aliphatic heterocycles. The van der Waals surface area contributed by atoms with Crippen LogP contribution in [0.3, 0.4) is 0 Å². The molecule has 0 bridgehead atoms. The molecule has 4 aromatic rings. The molecule has 1 aromatic heterocycles. The topological polar surface area (TPSA) is 90.0 Å². The van der Waals surface area contributed by atoms with E-state index < -0.39 is 0 Å². The molecule has 0 fully saturated rings. The van der Waals surface area contributed by atoms with Crippen LogP contribution in [0.5, 0.6) is 0 Å². The maximum atomic E-state index is 12.9. The van der Waals surface area contributed by atoms with Gasteiger partial charge in [0.2, 0.25) is 5.82 Å². The monoisotopic (exact) mass is 592 g/mol. The van der Waals surface area contributed by atoms with E-state index in [0.717, 1.165) is 39.1 Å². The summed E-state index contributed by atoms with van der Waals surface area (Å²) in [6, 6.07) is 22.2. The van der Waals surface area contributed by atoms with Crippen LogP contribution in [0.25, 0.3) is 28.6 Å². The van der Waals surface area contributed by atoms with Crippen molar-refractivity contribution in [1.29, 1.82) is 0 Å². The molecule has 1 heterocycles. The lowest BCUT2D eigenvalue weighted by atomic mass is 9.88. The number of H-pyrrole nitrogens is 1. The number of tetrazole rings is 1. The van der Waals surface area contributed by atoms with E-state index in [9.17, 15) is 4.79 Å². The predicted molar refractivity (Wildman–Crippen MR) is 146 cm³/mol. The third-order valence-electron chi connectivity index (χ3n) is 6.15. The Morgan fingerprint density at radius 1 is 1.06 bits per heavy atom. The van der Waals surface area contributed by atoms with Gasteiger partial charge < -0.3 is 9.47 Å². The first-order valence-corrected chi connectivity index (χ1v) is 13.0. The molecule has 8 heteroatoms. The Morgan fingerprint density at radius 3 is 2.53 bits per heavy atom. The van der Waals surface area contributed by atoms with Crippen LogP contribution in [0.4, 0.5) is 0 Å². The normalized spacial score (nSPS) is 15.2. The minimum absolute atomic E-state index is 0.0642. The number of halogens is 1. The molecule has 182 valence electrons. The zero-order valence-corrected chi connectivity index (χ0v) is 22.1. The van der Waals surface area contributed by atoms with Gasteiger partial charge in [-0.05, 0) is 88.0 Å². The number of carbonyl (C=O) groups is 1. The number of fused-ring (bicyclic) bond motifs is 1. The number of carbonyl (C=O) groups excluding carboxylic acids is 1. The van der Waals surface area contributed by atoms with E-state index in [1.165, 1.54) is 0 Å². The van der Waals surface area contributed by atoms with Gasteiger partial charge in [-0.2, -0.15) is 5.21 Å². The van der Waals surface area contributed by atoms with Gasteiger partial charge in [0, 0.05) is 11.5 Å². The van der Waals surface area contributed by atoms with Crippen LogP contribution in [0.1, 0.15) is 46.8 Å². The Kier molecular flexibility index (Phi) is 7.13. The standard InChI is InChI=1S/C28H25IN4O3/c1-3-35-25-16-20-7-6-10-23(28(34)36-17(2)29)26(20)24(25)15-18-11-13-19(14-12-18)21-8-4-5-9-22(21)27-30-32-33-31-27/h4-14,16-17,24H,3,15H2,1-2H3,(H,30,31,32,33). The van der Waals surface area contributed by atoms with E-state index in [2.05, 4.69) is 73.5 Å². The average Bonchev–Trinajstić information content (AvgIpc) is 3.53. The predicted octanol–water partition coefficient (Wildman–Crippen LogP) is 6.19. The number of allylic oxidation sites excluding steroid dienone is 1. The van der Waals surface area contributed by atoms with Crippen LogP contribution in [-0.2, 0) is 15.9 Å². The van der Waals surface area contributed by atoms with Crippen molar-refractivity contribution in [2.45, 2.75) is 30.3 Å². The SMILES string of the molecule is CCOC1=Cc2cccc(C(=O)OC(C)I)c2C1Cc1ccc(-c2ccccc2-c2nn[nH]n2)cc1. The Balaban J connectivity index is 1.45. The van der Waals surface area contributed by atoms with E-state index in [0.29, 0.717) is 24.4 Å². The van der Waals surface area contributed by atoms with Crippen molar-refractivity contribution in [1.82, 2.24) is 20.6 Å². The number of hydrogen-bond acceptors (Lipinski definition) is 6.